The van der Waals surface area contributed by atoms with Crippen LogP contribution in [0.4, 0.5) is 4.79 Å². The molecule has 4 amide bonds. The molecule has 3 aliphatic carbocycles. The first-order chi connectivity index (χ1) is 26.4. The molecule has 0 aromatic heterocycles. The monoisotopic (exact) mass is 815 g/mol. The van der Waals surface area contributed by atoms with Gasteiger partial charge in [0.15, 0.2) is 0 Å². The molecule has 3 heterocycles. The van der Waals surface area contributed by atoms with Gasteiger partial charge in [0.25, 0.3) is 15.9 Å². The van der Waals surface area contributed by atoms with E-state index in [1.807, 2.05) is 0 Å². The SMILES string of the molecule is C=C[C@@H]1C[C@@]1(NC(=O)[C@@H]1C[C@@H]2CN1C(=O)[C@H](C(C)(C)C)NC(=O)O[C@@H]1CCC[C@H]1CCCCCN1C(=Cc3ccccc3S1(=O)=O)O2)C(=O)NS(=O)(=O)C1CC1. The van der Waals surface area contributed by atoms with Gasteiger partial charge in [-0.15, -0.1) is 6.58 Å². The number of rotatable bonds is 6. The van der Waals surface area contributed by atoms with Crippen LogP contribution < -0.4 is 15.4 Å². The normalized spacial score (nSPS) is 32.1. The summed E-state index contributed by atoms with van der Waals surface area (Å²) in [6.07, 6.45) is 7.46. The van der Waals surface area contributed by atoms with Gasteiger partial charge < -0.3 is 25.0 Å². The summed E-state index contributed by atoms with van der Waals surface area (Å²) < 4.78 is 69.5. The Labute approximate surface area is 329 Å². The van der Waals surface area contributed by atoms with E-state index in [1.54, 1.807) is 51.1 Å². The number of ether oxygens (including phenoxy) is 2. The van der Waals surface area contributed by atoms with Crippen molar-refractivity contribution in [3.63, 3.8) is 0 Å². The summed E-state index contributed by atoms with van der Waals surface area (Å²) in [6, 6.07) is 4.24. The van der Waals surface area contributed by atoms with E-state index in [-0.39, 0.29) is 48.7 Å². The van der Waals surface area contributed by atoms with E-state index < -0.39 is 84.2 Å². The van der Waals surface area contributed by atoms with Crippen molar-refractivity contribution in [1.29, 1.82) is 0 Å². The van der Waals surface area contributed by atoms with E-state index in [1.165, 1.54) is 15.3 Å². The number of nitrogens with one attached hydrogen (secondary N) is 3. The predicted molar refractivity (Wildman–Crippen MR) is 205 cm³/mol. The lowest BCUT2D eigenvalue weighted by atomic mass is 9.85. The van der Waals surface area contributed by atoms with Crippen LogP contribution in [0.5, 0.6) is 0 Å². The van der Waals surface area contributed by atoms with E-state index in [4.69, 9.17) is 9.47 Å². The quantitative estimate of drug-likeness (QED) is 0.358. The first-order valence-electron chi connectivity index (χ1n) is 19.7. The molecule has 1 aromatic carbocycles. The topological polar surface area (TPSA) is 198 Å². The van der Waals surface area contributed by atoms with Crippen molar-refractivity contribution in [2.45, 2.75) is 131 Å². The second-order valence-electron chi connectivity index (χ2n) is 17.2. The number of hydrogen-bond donors (Lipinski definition) is 3. The molecule has 17 heteroatoms. The van der Waals surface area contributed by atoms with Gasteiger partial charge in [0, 0.05) is 30.5 Å². The van der Waals surface area contributed by atoms with Crippen LogP contribution in [0.2, 0.25) is 0 Å². The maximum atomic E-state index is 14.7. The molecule has 0 spiro atoms. The Kier molecular flexibility index (Phi) is 10.7. The number of carbonyl (C=O) groups excluding carboxylic acids is 4. The van der Waals surface area contributed by atoms with Crippen LogP contribution in [-0.2, 0) is 43.9 Å². The van der Waals surface area contributed by atoms with Crippen LogP contribution in [0.15, 0.2) is 47.7 Å². The van der Waals surface area contributed by atoms with Crippen LogP contribution >= 0.6 is 0 Å². The smallest absolute Gasteiger partial charge is 0.408 e. The third-order valence-electron chi connectivity index (χ3n) is 12.1. The largest absolute Gasteiger partial charge is 0.473 e. The molecule has 3 saturated carbocycles. The lowest BCUT2D eigenvalue weighted by Crippen LogP contribution is -2.60. The third-order valence-corrected chi connectivity index (χ3v) is 15.7. The summed E-state index contributed by atoms with van der Waals surface area (Å²) in [5, 5.41) is 4.91. The zero-order valence-corrected chi connectivity index (χ0v) is 33.8. The molecule has 7 atom stereocenters. The Morgan fingerprint density at radius 1 is 1.02 bits per heavy atom. The Morgan fingerprint density at radius 3 is 2.45 bits per heavy atom. The van der Waals surface area contributed by atoms with Gasteiger partial charge in [-0.05, 0) is 68.8 Å². The molecule has 3 aliphatic heterocycles. The molecule has 6 aliphatic rings. The molecule has 3 N–H and O–H groups in total. The zero-order chi connectivity index (χ0) is 40.2. The highest BCUT2D eigenvalue weighted by molar-refractivity contribution is 7.91. The second kappa shape index (κ2) is 15.0. The number of fused-ring (bicyclic) bond motifs is 5. The number of amides is 4. The number of benzene rings is 1. The second-order valence-corrected chi connectivity index (χ2v) is 21.0. The Bertz CT molecular complexity index is 2030. The summed E-state index contributed by atoms with van der Waals surface area (Å²) in [5.41, 5.74) is -2.01. The van der Waals surface area contributed by atoms with Gasteiger partial charge in [0.2, 0.25) is 27.7 Å². The van der Waals surface area contributed by atoms with Crippen molar-refractivity contribution in [1.82, 2.24) is 24.6 Å². The maximum Gasteiger partial charge on any atom is 0.408 e. The molecular formula is C39H53N5O10S2. The third kappa shape index (κ3) is 7.89. The molecule has 15 nitrogen and oxygen atoms in total. The van der Waals surface area contributed by atoms with E-state index in [0.29, 0.717) is 31.2 Å². The first kappa shape index (κ1) is 40.1. The molecule has 2 saturated heterocycles. The molecule has 0 unspecified atom stereocenters. The number of carbonyl (C=O) groups is 4. The predicted octanol–water partition coefficient (Wildman–Crippen LogP) is 3.53. The first-order valence-corrected chi connectivity index (χ1v) is 22.7. The van der Waals surface area contributed by atoms with Crippen LogP contribution in [0.25, 0.3) is 6.08 Å². The number of alkyl carbamates (subject to hydrolysis) is 1. The van der Waals surface area contributed by atoms with Crippen molar-refractivity contribution < 1.29 is 45.5 Å². The highest BCUT2D eigenvalue weighted by atomic mass is 32.2. The Hall–Kier alpha value is -4.12. The summed E-state index contributed by atoms with van der Waals surface area (Å²) >= 11 is 0. The average Bonchev–Trinajstić information content (AvgIpc) is 4.02. The highest BCUT2D eigenvalue weighted by Gasteiger charge is 2.62. The minimum atomic E-state index is -4.02. The van der Waals surface area contributed by atoms with Gasteiger partial charge in [-0.3, -0.25) is 19.1 Å². The molecule has 2 bridgehead atoms. The van der Waals surface area contributed by atoms with E-state index >= 15 is 0 Å². The minimum absolute atomic E-state index is 0.0725. The van der Waals surface area contributed by atoms with Crippen LogP contribution in [0.3, 0.4) is 0 Å². The van der Waals surface area contributed by atoms with Crippen LogP contribution in [0, 0.1) is 17.3 Å². The highest BCUT2D eigenvalue weighted by Crippen LogP contribution is 2.46. The van der Waals surface area contributed by atoms with Gasteiger partial charge >= 0.3 is 6.09 Å². The van der Waals surface area contributed by atoms with Crippen LogP contribution in [-0.4, -0.2) is 98.0 Å². The van der Waals surface area contributed by atoms with Gasteiger partial charge in [-0.2, -0.15) is 0 Å². The summed E-state index contributed by atoms with van der Waals surface area (Å²) in [4.78, 5) is 57.6. The summed E-state index contributed by atoms with van der Waals surface area (Å²) in [5.74, 6) is -2.56. The van der Waals surface area contributed by atoms with Gasteiger partial charge in [0.05, 0.1) is 16.7 Å². The summed E-state index contributed by atoms with van der Waals surface area (Å²) in [7, 11) is -7.96. The molecule has 0 radical (unpaired) electrons. The van der Waals surface area contributed by atoms with Crippen molar-refractivity contribution in [3.05, 3.63) is 48.4 Å². The lowest BCUT2D eigenvalue weighted by Gasteiger charge is -2.36. The average molecular weight is 816 g/mol. The molecule has 56 heavy (non-hydrogen) atoms. The number of sulfonamides is 2. The fourth-order valence-corrected chi connectivity index (χ4v) is 11.6. The van der Waals surface area contributed by atoms with Crippen molar-refractivity contribution >= 4 is 49.9 Å². The lowest BCUT2D eigenvalue weighted by molar-refractivity contribution is -0.143. The van der Waals surface area contributed by atoms with Gasteiger partial charge in [-0.1, -0.05) is 57.9 Å². The minimum Gasteiger partial charge on any atom is -0.473 e. The fraction of sp³-hybridized carbons (Fsp3) is 0.641. The van der Waals surface area contributed by atoms with E-state index in [0.717, 1.165) is 32.1 Å². The van der Waals surface area contributed by atoms with Gasteiger partial charge in [0.1, 0.15) is 29.8 Å². The molecule has 5 fully saturated rings. The molecular weight excluding hydrogens is 763 g/mol. The van der Waals surface area contributed by atoms with E-state index in [9.17, 15) is 36.0 Å². The molecule has 1 aromatic rings. The van der Waals surface area contributed by atoms with Crippen LogP contribution in [0.1, 0.15) is 97.0 Å². The molecule has 7 rings (SSSR count). The molecule has 306 valence electrons. The Balaban J connectivity index is 1.23. The fourth-order valence-electron chi connectivity index (χ4n) is 8.60. The number of nitrogens with zero attached hydrogens (tertiary/aromatic N) is 2. The number of hydrogen-bond acceptors (Lipinski definition) is 10. The zero-order valence-electron chi connectivity index (χ0n) is 32.2. The van der Waals surface area contributed by atoms with Crippen molar-refractivity contribution in [2.24, 2.45) is 17.3 Å². The van der Waals surface area contributed by atoms with Crippen molar-refractivity contribution in [2.75, 3.05) is 13.1 Å². The van der Waals surface area contributed by atoms with Gasteiger partial charge in [-0.25, -0.2) is 25.9 Å². The Morgan fingerprint density at radius 2 is 1.75 bits per heavy atom. The standard InChI is InChI=1S/C39H53N5O10S2/c1-5-26-22-39(26,36(47)42-55(49,50)28-17-18-28)41-34(45)29-21-27-23-43(29)35(46)33(38(2,3)4)40-37(48)54-30-15-11-14-24(30)12-7-6-10-19-44-32(53-27)20-25-13-8-9-16-31(25)56(44,51)52/h5,8-9,13,16,20,24,26-30,33H,1,6-7,10-12,14-15,17-19,21-23H2,2-4H3,(H,40,48)(H,41,45)(H,42,47)/t24-,26-,27-,29+,30-,33-,39+/m1/s1. The van der Waals surface area contributed by atoms with E-state index in [2.05, 4.69) is 21.9 Å². The maximum absolute atomic E-state index is 14.7. The van der Waals surface area contributed by atoms with Crippen molar-refractivity contribution in [3.8, 4) is 0 Å². The summed E-state index contributed by atoms with van der Waals surface area (Å²) in [6.45, 7) is 9.11.